The second-order valence-corrected chi connectivity index (χ2v) is 6.31. The molecule has 0 fully saturated rings. The van der Waals surface area contributed by atoms with Gasteiger partial charge in [0.15, 0.2) is 0 Å². The molecule has 0 bridgehead atoms. The number of likely N-dealkylation sites (N-methyl/N-ethyl adjacent to an activating group) is 1. The Morgan fingerprint density at radius 2 is 1.83 bits per heavy atom. The maximum absolute atomic E-state index is 5.32. The van der Waals surface area contributed by atoms with E-state index < -0.39 is 0 Å². The molecule has 3 heteroatoms. The van der Waals surface area contributed by atoms with Crippen molar-refractivity contribution in [2.24, 2.45) is 5.41 Å². The molecule has 18 heavy (non-hydrogen) atoms. The largest absolute Gasteiger partial charge is 0.382 e. The first kappa shape index (κ1) is 17.9. The molecule has 0 aromatic rings. The second kappa shape index (κ2) is 8.89. The lowest BCUT2D eigenvalue weighted by Crippen LogP contribution is -2.47. The van der Waals surface area contributed by atoms with Crippen LogP contribution in [0.25, 0.3) is 0 Å². The predicted molar refractivity (Wildman–Crippen MR) is 80.1 cm³/mol. The number of hydrogen-bond acceptors (Lipinski definition) is 3. The zero-order valence-electron chi connectivity index (χ0n) is 13.5. The van der Waals surface area contributed by atoms with Crippen molar-refractivity contribution >= 4 is 0 Å². The molecule has 110 valence electrons. The third-order valence-corrected chi connectivity index (χ3v) is 3.85. The molecule has 0 rings (SSSR count). The van der Waals surface area contributed by atoms with Gasteiger partial charge < -0.3 is 10.1 Å². The van der Waals surface area contributed by atoms with Crippen molar-refractivity contribution < 1.29 is 4.74 Å². The Morgan fingerprint density at radius 1 is 1.22 bits per heavy atom. The van der Waals surface area contributed by atoms with E-state index in [-0.39, 0.29) is 0 Å². The second-order valence-electron chi connectivity index (χ2n) is 6.31. The van der Waals surface area contributed by atoms with Gasteiger partial charge in [-0.05, 0) is 46.2 Å². The van der Waals surface area contributed by atoms with Gasteiger partial charge >= 0.3 is 0 Å². The maximum Gasteiger partial charge on any atom is 0.0477 e. The Kier molecular flexibility index (Phi) is 8.83. The van der Waals surface area contributed by atoms with Gasteiger partial charge in [0.2, 0.25) is 0 Å². The minimum atomic E-state index is 0.331. The van der Waals surface area contributed by atoms with E-state index in [9.17, 15) is 0 Å². The summed E-state index contributed by atoms with van der Waals surface area (Å²) >= 11 is 0. The molecule has 0 radical (unpaired) electrons. The Bertz CT molecular complexity index is 201. The third kappa shape index (κ3) is 7.34. The molecule has 0 aromatic heterocycles. The first-order valence-electron chi connectivity index (χ1n) is 7.31. The molecule has 1 N–H and O–H groups in total. The van der Waals surface area contributed by atoms with E-state index in [1.165, 1.54) is 0 Å². The van der Waals surface area contributed by atoms with Crippen molar-refractivity contribution in [3.63, 3.8) is 0 Å². The number of rotatable bonds is 9. The number of nitrogens with one attached hydrogen (secondary N) is 1. The summed E-state index contributed by atoms with van der Waals surface area (Å²) in [7, 11) is 2.22. The van der Waals surface area contributed by atoms with Gasteiger partial charge in [-0.3, -0.25) is 4.90 Å². The number of hydrogen-bond donors (Lipinski definition) is 1. The van der Waals surface area contributed by atoms with E-state index in [0.717, 1.165) is 32.7 Å². The van der Waals surface area contributed by atoms with E-state index in [0.29, 0.717) is 17.5 Å². The van der Waals surface area contributed by atoms with Crippen LogP contribution in [0.3, 0.4) is 0 Å². The van der Waals surface area contributed by atoms with Gasteiger partial charge in [0.25, 0.3) is 0 Å². The minimum absolute atomic E-state index is 0.331. The van der Waals surface area contributed by atoms with Crippen molar-refractivity contribution in [3.05, 3.63) is 0 Å². The summed E-state index contributed by atoms with van der Waals surface area (Å²) in [4.78, 5) is 2.47. The number of ether oxygens (including phenoxy) is 1. The van der Waals surface area contributed by atoms with Crippen LogP contribution >= 0.6 is 0 Å². The van der Waals surface area contributed by atoms with Crippen molar-refractivity contribution in [2.75, 3.05) is 33.4 Å². The summed E-state index contributed by atoms with van der Waals surface area (Å²) < 4.78 is 5.32. The van der Waals surface area contributed by atoms with Gasteiger partial charge in [-0.25, -0.2) is 0 Å². The molecule has 0 amide bonds. The summed E-state index contributed by atoms with van der Waals surface area (Å²) in [5.41, 5.74) is 0.331. The highest BCUT2D eigenvalue weighted by molar-refractivity contribution is 4.81. The molecular weight excluding hydrogens is 224 g/mol. The standard InChI is InChI=1S/C15H34N2O/c1-8-18-11-9-10-16-12-13(2)17(7)14(3)15(4,5)6/h13-14,16H,8-12H2,1-7H3. The zero-order chi connectivity index (χ0) is 14.2. The zero-order valence-corrected chi connectivity index (χ0v) is 13.5. The van der Waals surface area contributed by atoms with Crippen molar-refractivity contribution in [2.45, 2.75) is 60.0 Å². The van der Waals surface area contributed by atoms with Crippen molar-refractivity contribution in [1.29, 1.82) is 0 Å². The SMILES string of the molecule is CCOCCCNCC(C)N(C)C(C)C(C)(C)C. The minimum Gasteiger partial charge on any atom is -0.382 e. The summed E-state index contributed by atoms with van der Waals surface area (Å²) in [6.45, 7) is 17.3. The van der Waals surface area contributed by atoms with Crippen LogP contribution in [0.15, 0.2) is 0 Å². The third-order valence-electron chi connectivity index (χ3n) is 3.85. The first-order chi connectivity index (χ1) is 8.30. The van der Waals surface area contributed by atoms with Gasteiger partial charge in [0.05, 0.1) is 0 Å². The van der Waals surface area contributed by atoms with E-state index in [1.807, 2.05) is 6.92 Å². The average molecular weight is 258 g/mol. The summed E-state index contributed by atoms with van der Waals surface area (Å²) in [5, 5.41) is 3.51. The normalized spacial score (nSPS) is 16.0. The fourth-order valence-corrected chi connectivity index (χ4v) is 1.89. The van der Waals surface area contributed by atoms with E-state index in [2.05, 4.69) is 51.9 Å². The fourth-order valence-electron chi connectivity index (χ4n) is 1.89. The quantitative estimate of drug-likeness (QED) is 0.644. The van der Waals surface area contributed by atoms with Crippen molar-refractivity contribution in [3.8, 4) is 0 Å². The monoisotopic (exact) mass is 258 g/mol. The lowest BCUT2D eigenvalue weighted by Gasteiger charge is -2.39. The molecule has 0 aliphatic heterocycles. The molecule has 2 unspecified atom stereocenters. The molecule has 0 aliphatic carbocycles. The smallest absolute Gasteiger partial charge is 0.0477 e. The molecular formula is C15H34N2O. The molecule has 2 atom stereocenters. The van der Waals surface area contributed by atoms with Crippen molar-refractivity contribution in [1.82, 2.24) is 10.2 Å². The van der Waals surface area contributed by atoms with Crippen LogP contribution in [0.1, 0.15) is 48.0 Å². The van der Waals surface area contributed by atoms with Gasteiger partial charge in [0, 0.05) is 31.8 Å². The van der Waals surface area contributed by atoms with Gasteiger partial charge in [-0.1, -0.05) is 20.8 Å². The van der Waals surface area contributed by atoms with Gasteiger partial charge in [-0.2, -0.15) is 0 Å². The van der Waals surface area contributed by atoms with Crippen LogP contribution in [0, 0.1) is 5.41 Å². The molecule has 0 aliphatic rings. The lowest BCUT2D eigenvalue weighted by atomic mass is 9.86. The van der Waals surface area contributed by atoms with E-state index in [4.69, 9.17) is 4.74 Å². The van der Waals surface area contributed by atoms with Gasteiger partial charge in [-0.15, -0.1) is 0 Å². The van der Waals surface area contributed by atoms with E-state index in [1.54, 1.807) is 0 Å². The van der Waals surface area contributed by atoms with Crippen LogP contribution in [0.4, 0.5) is 0 Å². The molecule has 3 nitrogen and oxygen atoms in total. The predicted octanol–water partition coefficient (Wildman–Crippen LogP) is 2.76. The Hall–Kier alpha value is -0.120. The van der Waals surface area contributed by atoms with Gasteiger partial charge in [0.1, 0.15) is 0 Å². The van der Waals surface area contributed by atoms with Crippen LogP contribution in [-0.4, -0.2) is 50.3 Å². The molecule has 0 heterocycles. The Morgan fingerprint density at radius 3 is 2.33 bits per heavy atom. The first-order valence-corrected chi connectivity index (χ1v) is 7.31. The topological polar surface area (TPSA) is 24.5 Å². The highest BCUT2D eigenvalue weighted by Crippen LogP contribution is 2.24. The Labute approximate surface area is 114 Å². The molecule has 0 aromatic carbocycles. The maximum atomic E-state index is 5.32. The summed E-state index contributed by atoms with van der Waals surface area (Å²) in [5.74, 6) is 0. The van der Waals surface area contributed by atoms with Crippen LogP contribution in [0.2, 0.25) is 0 Å². The number of nitrogens with zero attached hydrogens (tertiary/aromatic N) is 1. The Balaban J connectivity index is 3.78. The van der Waals surface area contributed by atoms with E-state index >= 15 is 0 Å². The van der Waals surface area contributed by atoms with Crippen LogP contribution < -0.4 is 5.32 Å². The summed E-state index contributed by atoms with van der Waals surface area (Å²) in [6, 6.07) is 1.14. The van der Waals surface area contributed by atoms with Crippen LogP contribution in [-0.2, 0) is 4.74 Å². The lowest BCUT2D eigenvalue weighted by molar-refractivity contribution is 0.103. The van der Waals surface area contributed by atoms with Crippen LogP contribution in [0.5, 0.6) is 0 Å². The highest BCUT2D eigenvalue weighted by atomic mass is 16.5. The summed E-state index contributed by atoms with van der Waals surface area (Å²) in [6.07, 6.45) is 1.10. The fraction of sp³-hybridized carbons (Fsp3) is 1.00. The average Bonchev–Trinajstić information content (AvgIpc) is 2.30. The molecule has 0 spiro atoms. The molecule has 0 saturated heterocycles. The highest BCUT2D eigenvalue weighted by Gasteiger charge is 2.26. The molecule has 0 saturated carbocycles.